The Labute approximate surface area is 183 Å². The number of hydrogen-bond donors (Lipinski definition) is 1. The van der Waals surface area contributed by atoms with Crippen LogP contribution in [0.5, 0.6) is 0 Å². The Morgan fingerprint density at radius 2 is 1.00 bits per heavy atom. The van der Waals surface area contributed by atoms with Gasteiger partial charge in [0, 0.05) is 0 Å². The molecule has 1 atom stereocenters. The largest absolute Gasteiger partial charge is 0.379 e. The van der Waals surface area contributed by atoms with E-state index in [-0.39, 0.29) is 5.75 Å². The van der Waals surface area contributed by atoms with Gasteiger partial charge in [-0.3, -0.25) is 0 Å². The Kier molecular flexibility index (Phi) is 6.03. The highest BCUT2D eigenvalue weighted by Crippen LogP contribution is 2.46. The van der Waals surface area contributed by atoms with E-state index in [1.807, 2.05) is 60.7 Å². The molecule has 0 aromatic heterocycles. The van der Waals surface area contributed by atoms with Crippen LogP contribution >= 0.6 is 0 Å². The molecule has 3 nitrogen and oxygen atoms in total. The van der Waals surface area contributed by atoms with Gasteiger partial charge in [0.05, 0.1) is 5.75 Å². The van der Waals surface area contributed by atoms with E-state index < -0.39 is 20.7 Å². The van der Waals surface area contributed by atoms with Crippen molar-refractivity contribution >= 4 is 9.84 Å². The van der Waals surface area contributed by atoms with Gasteiger partial charge >= 0.3 is 0 Å². The Morgan fingerprint density at radius 1 is 0.613 bits per heavy atom. The summed E-state index contributed by atoms with van der Waals surface area (Å²) in [5.41, 5.74) is 0.538. The zero-order chi connectivity index (χ0) is 21.7. The zero-order valence-corrected chi connectivity index (χ0v) is 17.8. The van der Waals surface area contributed by atoms with E-state index in [4.69, 9.17) is 0 Å². The molecule has 0 fully saturated rings. The Morgan fingerprint density at radius 3 is 1.45 bits per heavy atom. The van der Waals surface area contributed by atoms with Crippen molar-refractivity contribution in [2.24, 2.45) is 0 Å². The second kappa shape index (κ2) is 8.88. The van der Waals surface area contributed by atoms with Crippen LogP contribution in [0.3, 0.4) is 0 Å². The lowest BCUT2D eigenvalue weighted by Crippen LogP contribution is -2.39. The minimum absolute atomic E-state index is 0.171. The van der Waals surface area contributed by atoms with Crippen LogP contribution in [0, 0.1) is 0 Å². The molecule has 4 aromatic carbocycles. The predicted octanol–water partition coefficient (Wildman–Crippen LogP) is 5.28. The van der Waals surface area contributed by atoms with Crippen LogP contribution in [0.1, 0.15) is 27.5 Å². The van der Waals surface area contributed by atoms with E-state index in [2.05, 4.69) is 0 Å². The minimum Gasteiger partial charge on any atom is -0.379 e. The van der Waals surface area contributed by atoms with Gasteiger partial charge in [-0.15, -0.1) is 0 Å². The van der Waals surface area contributed by atoms with Gasteiger partial charge in [-0.2, -0.15) is 0 Å². The molecule has 0 unspecified atom stereocenters. The van der Waals surface area contributed by atoms with Gasteiger partial charge in [0.1, 0.15) is 10.9 Å². The fraction of sp³-hybridized carbons (Fsp3) is 0.111. The van der Waals surface area contributed by atoms with Gasteiger partial charge in [0.15, 0.2) is 9.84 Å². The van der Waals surface area contributed by atoms with Crippen molar-refractivity contribution in [2.45, 2.75) is 16.6 Å². The smallest absolute Gasteiger partial charge is 0.164 e. The first kappa shape index (κ1) is 21.0. The van der Waals surface area contributed by atoms with Crippen LogP contribution in [-0.4, -0.2) is 13.5 Å². The minimum atomic E-state index is -3.83. The van der Waals surface area contributed by atoms with Gasteiger partial charge in [-0.1, -0.05) is 121 Å². The number of hydrogen-bond acceptors (Lipinski definition) is 3. The first-order valence-electron chi connectivity index (χ1n) is 10.2. The van der Waals surface area contributed by atoms with Gasteiger partial charge in [-0.25, -0.2) is 8.42 Å². The lowest BCUT2D eigenvalue weighted by Gasteiger charge is -2.37. The molecule has 0 radical (unpaired) electrons. The molecule has 0 aliphatic carbocycles. The Balaban J connectivity index is 1.96. The van der Waals surface area contributed by atoms with Gasteiger partial charge in [-0.05, 0) is 22.3 Å². The summed E-state index contributed by atoms with van der Waals surface area (Å²) in [7, 11) is -3.83. The standard InChI is InChI=1S/C27H24O3S/c28-27(24-17-9-3-10-18-24,25-19-11-4-12-20-25)26(23-15-7-2-8-16-23)31(29,30)21-22-13-5-1-6-14-22/h1-20,26,28H,21H2/t26-/m0/s1. The topological polar surface area (TPSA) is 54.4 Å². The van der Waals surface area contributed by atoms with E-state index in [1.54, 1.807) is 60.7 Å². The monoisotopic (exact) mass is 428 g/mol. The zero-order valence-electron chi connectivity index (χ0n) is 17.0. The molecular weight excluding hydrogens is 404 g/mol. The summed E-state index contributed by atoms with van der Waals surface area (Å²) >= 11 is 0. The normalized spacial score (nSPS) is 12.9. The summed E-state index contributed by atoms with van der Waals surface area (Å²) in [6.45, 7) is 0. The molecule has 0 aliphatic rings. The lowest BCUT2D eigenvalue weighted by molar-refractivity contribution is 0.0746. The van der Waals surface area contributed by atoms with E-state index >= 15 is 0 Å². The fourth-order valence-corrected chi connectivity index (χ4v) is 6.27. The third-order valence-corrected chi connectivity index (χ3v) is 7.55. The lowest BCUT2D eigenvalue weighted by atomic mass is 9.81. The highest BCUT2D eigenvalue weighted by atomic mass is 32.2. The van der Waals surface area contributed by atoms with Crippen molar-refractivity contribution in [3.63, 3.8) is 0 Å². The molecule has 4 aromatic rings. The van der Waals surface area contributed by atoms with Crippen molar-refractivity contribution in [3.8, 4) is 0 Å². The molecule has 0 amide bonds. The van der Waals surface area contributed by atoms with Crippen molar-refractivity contribution in [1.82, 2.24) is 0 Å². The van der Waals surface area contributed by atoms with E-state index in [1.165, 1.54) is 0 Å². The Bertz CT molecular complexity index is 1170. The second-order valence-corrected chi connectivity index (χ2v) is 9.67. The second-order valence-electron chi connectivity index (χ2n) is 7.58. The predicted molar refractivity (Wildman–Crippen MR) is 124 cm³/mol. The number of rotatable bonds is 7. The summed E-state index contributed by atoms with van der Waals surface area (Å²) in [6, 6.07) is 36.2. The molecule has 31 heavy (non-hydrogen) atoms. The first-order chi connectivity index (χ1) is 15.0. The van der Waals surface area contributed by atoms with Crippen molar-refractivity contribution in [3.05, 3.63) is 144 Å². The van der Waals surface area contributed by atoms with Crippen LogP contribution in [0.15, 0.2) is 121 Å². The third kappa shape index (κ3) is 4.31. The van der Waals surface area contributed by atoms with E-state index in [0.29, 0.717) is 22.3 Å². The molecule has 0 aliphatic heterocycles. The molecule has 0 heterocycles. The summed E-state index contributed by atoms with van der Waals surface area (Å²) in [5.74, 6) is -0.171. The van der Waals surface area contributed by atoms with Crippen LogP contribution in [0.2, 0.25) is 0 Å². The molecular formula is C27H24O3S. The highest BCUT2D eigenvalue weighted by Gasteiger charge is 2.48. The average molecular weight is 429 g/mol. The maximum absolute atomic E-state index is 13.9. The molecule has 156 valence electrons. The molecule has 0 saturated carbocycles. The fourth-order valence-electron chi connectivity index (χ4n) is 4.08. The quantitative estimate of drug-likeness (QED) is 0.436. The molecule has 4 heteroatoms. The van der Waals surface area contributed by atoms with E-state index in [9.17, 15) is 13.5 Å². The molecule has 4 rings (SSSR count). The summed E-state index contributed by atoms with van der Waals surface area (Å²) in [5, 5.41) is 11.1. The van der Waals surface area contributed by atoms with Crippen LogP contribution < -0.4 is 0 Å². The summed E-state index contributed by atoms with van der Waals surface area (Å²) < 4.78 is 27.9. The first-order valence-corrected chi connectivity index (χ1v) is 11.9. The molecule has 0 spiro atoms. The molecule has 1 N–H and O–H groups in total. The van der Waals surface area contributed by atoms with Gasteiger partial charge < -0.3 is 5.11 Å². The Hall–Kier alpha value is -3.21. The van der Waals surface area contributed by atoms with Crippen molar-refractivity contribution < 1.29 is 13.5 Å². The van der Waals surface area contributed by atoms with Gasteiger partial charge in [0.25, 0.3) is 0 Å². The van der Waals surface area contributed by atoms with Crippen LogP contribution in [-0.2, 0) is 21.2 Å². The van der Waals surface area contributed by atoms with Crippen LogP contribution in [0.25, 0.3) is 0 Å². The summed E-state index contributed by atoms with van der Waals surface area (Å²) in [4.78, 5) is 0. The van der Waals surface area contributed by atoms with Gasteiger partial charge in [0.2, 0.25) is 0 Å². The molecule has 0 bridgehead atoms. The molecule has 0 saturated heterocycles. The maximum Gasteiger partial charge on any atom is 0.164 e. The van der Waals surface area contributed by atoms with Crippen LogP contribution in [0.4, 0.5) is 0 Å². The maximum atomic E-state index is 13.9. The number of sulfone groups is 1. The third-order valence-electron chi connectivity index (χ3n) is 5.48. The number of aliphatic hydroxyl groups is 1. The SMILES string of the molecule is O=S(=O)(Cc1ccccc1)[C@@H](c1ccccc1)C(O)(c1ccccc1)c1ccccc1. The average Bonchev–Trinajstić information content (AvgIpc) is 2.81. The van der Waals surface area contributed by atoms with Crippen molar-refractivity contribution in [1.29, 1.82) is 0 Å². The van der Waals surface area contributed by atoms with Crippen molar-refractivity contribution in [2.75, 3.05) is 0 Å². The van der Waals surface area contributed by atoms with E-state index in [0.717, 1.165) is 0 Å². The highest BCUT2D eigenvalue weighted by molar-refractivity contribution is 7.91. The number of benzene rings is 4. The summed E-state index contributed by atoms with van der Waals surface area (Å²) in [6.07, 6.45) is 0.